The number of hydrogen-bond donors (Lipinski definition) is 1. The van der Waals surface area contributed by atoms with Crippen molar-refractivity contribution in [3.05, 3.63) is 44.8 Å². The monoisotopic (exact) mass is 509 g/mol. The van der Waals surface area contributed by atoms with Gasteiger partial charge in [0.1, 0.15) is 9.88 Å². The van der Waals surface area contributed by atoms with Crippen LogP contribution in [-0.4, -0.2) is 61.3 Å². The maximum Gasteiger partial charge on any atom is 0.348 e. The number of hydrogen-bond acceptors (Lipinski definition) is 7. The molecule has 1 aromatic carbocycles. The van der Waals surface area contributed by atoms with Crippen LogP contribution in [0.5, 0.6) is 0 Å². The van der Waals surface area contributed by atoms with Crippen molar-refractivity contribution in [2.45, 2.75) is 27.7 Å². The van der Waals surface area contributed by atoms with E-state index in [2.05, 4.69) is 22.0 Å². The summed E-state index contributed by atoms with van der Waals surface area (Å²) in [4.78, 5) is 29.7. The summed E-state index contributed by atoms with van der Waals surface area (Å²) in [7, 11) is 0. The molecule has 0 saturated carbocycles. The standard InChI is InChI=1S/C23H28ClN3O4S2/c1-5-30-21(28)18-15(4)19(22(29)31-6-2)33-20(18)25-23(32)27-11-9-26(10-12-27)17-13-16(24)8-7-14(17)3/h7-8,13H,5-6,9-12H2,1-4H3,(H,25,32). The quantitative estimate of drug-likeness (QED) is 0.436. The van der Waals surface area contributed by atoms with E-state index in [4.69, 9.17) is 33.3 Å². The van der Waals surface area contributed by atoms with E-state index in [1.807, 2.05) is 18.2 Å². The summed E-state index contributed by atoms with van der Waals surface area (Å²) in [6.45, 7) is 10.7. The number of aryl methyl sites for hydroxylation is 1. The number of benzene rings is 1. The summed E-state index contributed by atoms with van der Waals surface area (Å²) in [5.41, 5.74) is 3.15. The second-order valence-corrected chi connectivity index (χ2v) is 9.38. The van der Waals surface area contributed by atoms with Crippen molar-refractivity contribution < 1.29 is 19.1 Å². The molecule has 0 unspecified atom stereocenters. The fourth-order valence-electron chi connectivity index (χ4n) is 3.69. The van der Waals surface area contributed by atoms with Crippen molar-refractivity contribution in [2.24, 2.45) is 0 Å². The highest BCUT2D eigenvalue weighted by molar-refractivity contribution is 7.80. The van der Waals surface area contributed by atoms with Crippen LogP contribution in [0.25, 0.3) is 0 Å². The second kappa shape index (κ2) is 11.2. The summed E-state index contributed by atoms with van der Waals surface area (Å²) in [6, 6.07) is 5.90. The highest BCUT2D eigenvalue weighted by atomic mass is 35.5. The predicted molar refractivity (Wildman–Crippen MR) is 137 cm³/mol. The number of thiophene rings is 1. The molecule has 0 spiro atoms. The third-order valence-electron chi connectivity index (χ3n) is 5.39. The molecule has 1 N–H and O–H groups in total. The molecule has 7 nitrogen and oxygen atoms in total. The molecule has 1 saturated heterocycles. The van der Waals surface area contributed by atoms with Gasteiger partial charge in [-0.15, -0.1) is 11.3 Å². The van der Waals surface area contributed by atoms with E-state index in [1.54, 1.807) is 20.8 Å². The highest BCUT2D eigenvalue weighted by Crippen LogP contribution is 2.35. The zero-order valence-corrected chi connectivity index (χ0v) is 21.6. The maximum absolute atomic E-state index is 12.6. The van der Waals surface area contributed by atoms with Crippen LogP contribution in [0.15, 0.2) is 18.2 Å². The number of esters is 2. The molecular formula is C23H28ClN3O4S2. The molecule has 3 rings (SSSR count). The zero-order valence-electron chi connectivity index (χ0n) is 19.2. The van der Waals surface area contributed by atoms with Crippen LogP contribution in [0.4, 0.5) is 10.7 Å². The van der Waals surface area contributed by atoms with Crippen molar-refractivity contribution in [1.82, 2.24) is 4.90 Å². The van der Waals surface area contributed by atoms with Crippen LogP contribution in [0.1, 0.15) is 45.0 Å². The fraction of sp³-hybridized carbons (Fsp3) is 0.435. The Labute approximate surface area is 208 Å². The molecular weight excluding hydrogens is 482 g/mol. The third-order valence-corrected chi connectivity index (χ3v) is 7.17. The van der Waals surface area contributed by atoms with Gasteiger partial charge in [0.2, 0.25) is 0 Å². The van der Waals surface area contributed by atoms with Gasteiger partial charge in [0.15, 0.2) is 5.11 Å². The van der Waals surface area contributed by atoms with Crippen molar-refractivity contribution in [3.8, 4) is 0 Å². The summed E-state index contributed by atoms with van der Waals surface area (Å²) < 4.78 is 10.4. The summed E-state index contributed by atoms with van der Waals surface area (Å²) >= 11 is 13.0. The van der Waals surface area contributed by atoms with Crippen molar-refractivity contribution in [2.75, 3.05) is 49.6 Å². The molecule has 178 valence electrons. The van der Waals surface area contributed by atoms with Crippen LogP contribution in [0.2, 0.25) is 5.02 Å². The Balaban J connectivity index is 1.74. The van der Waals surface area contributed by atoms with Gasteiger partial charge in [-0.05, 0) is 63.2 Å². The van der Waals surface area contributed by atoms with Crippen molar-refractivity contribution in [3.63, 3.8) is 0 Å². The lowest BCUT2D eigenvalue weighted by Gasteiger charge is -2.38. The van der Waals surface area contributed by atoms with E-state index in [0.29, 0.717) is 44.2 Å². The summed E-state index contributed by atoms with van der Waals surface area (Å²) in [5.74, 6) is -0.955. The summed E-state index contributed by atoms with van der Waals surface area (Å²) in [5, 5.41) is 4.89. The molecule has 1 aliphatic rings. The Bertz CT molecular complexity index is 1050. The summed E-state index contributed by atoms with van der Waals surface area (Å²) in [6.07, 6.45) is 0. The Hall–Kier alpha value is -2.36. The topological polar surface area (TPSA) is 71.1 Å². The largest absolute Gasteiger partial charge is 0.462 e. The molecule has 33 heavy (non-hydrogen) atoms. The fourth-order valence-corrected chi connectivity index (χ4v) is 5.30. The normalized spacial score (nSPS) is 13.6. The van der Waals surface area contributed by atoms with E-state index in [9.17, 15) is 9.59 Å². The van der Waals surface area contributed by atoms with Gasteiger partial charge in [0.25, 0.3) is 0 Å². The number of nitrogens with one attached hydrogen (secondary N) is 1. The van der Waals surface area contributed by atoms with Crippen molar-refractivity contribution in [1.29, 1.82) is 0 Å². The molecule has 2 aromatic rings. The number of thiocarbonyl (C=S) groups is 1. The van der Waals surface area contributed by atoms with E-state index in [0.717, 1.165) is 30.1 Å². The first-order valence-electron chi connectivity index (χ1n) is 10.8. The minimum absolute atomic E-state index is 0.234. The van der Waals surface area contributed by atoms with Crippen LogP contribution in [0.3, 0.4) is 0 Å². The Morgan fingerprint density at radius 1 is 1.09 bits per heavy atom. The van der Waals surface area contributed by atoms with Gasteiger partial charge in [-0.2, -0.15) is 0 Å². The number of piperazine rings is 1. The smallest absolute Gasteiger partial charge is 0.348 e. The Morgan fingerprint density at radius 3 is 2.36 bits per heavy atom. The second-order valence-electron chi connectivity index (χ2n) is 7.54. The minimum atomic E-state index is -0.492. The number of nitrogens with zero attached hydrogens (tertiary/aromatic N) is 2. The lowest BCUT2D eigenvalue weighted by molar-refractivity contribution is 0.0527. The molecule has 1 aromatic heterocycles. The molecule has 1 fully saturated rings. The van der Waals surface area contributed by atoms with Gasteiger partial charge in [0.05, 0.1) is 18.8 Å². The first-order valence-corrected chi connectivity index (χ1v) is 12.4. The first-order chi connectivity index (χ1) is 15.8. The number of carbonyl (C=O) groups excluding carboxylic acids is 2. The lowest BCUT2D eigenvalue weighted by Crippen LogP contribution is -2.50. The van der Waals surface area contributed by atoms with E-state index >= 15 is 0 Å². The van der Waals surface area contributed by atoms with Crippen LogP contribution in [0, 0.1) is 13.8 Å². The van der Waals surface area contributed by atoms with E-state index < -0.39 is 11.9 Å². The number of ether oxygens (including phenoxy) is 2. The molecule has 0 aliphatic carbocycles. The lowest BCUT2D eigenvalue weighted by atomic mass is 10.1. The van der Waals surface area contributed by atoms with Crippen molar-refractivity contribution >= 4 is 62.9 Å². The van der Waals surface area contributed by atoms with E-state index in [1.165, 1.54) is 5.56 Å². The number of anilines is 2. The average Bonchev–Trinajstić information content (AvgIpc) is 3.11. The average molecular weight is 510 g/mol. The van der Waals surface area contributed by atoms with Gasteiger partial charge in [-0.3, -0.25) is 0 Å². The van der Waals surface area contributed by atoms with Crippen LogP contribution >= 0.6 is 35.2 Å². The van der Waals surface area contributed by atoms with Gasteiger partial charge >= 0.3 is 11.9 Å². The minimum Gasteiger partial charge on any atom is -0.462 e. The van der Waals surface area contributed by atoms with Crippen LogP contribution < -0.4 is 10.2 Å². The Kier molecular flexibility index (Phi) is 8.56. The van der Waals surface area contributed by atoms with Gasteiger partial charge in [-0.1, -0.05) is 17.7 Å². The number of carbonyl (C=O) groups is 2. The highest BCUT2D eigenvalue weighted by Gasteiger charge is 2.28. The van der Waals surface area contributed by atoms with Crippen LogP contribution in [-0.2, 0) is 9.47 Å². The number of halogens is 1. The first kappa shape index (κ1) is 25.3. The van der Waals surface area contributed by atoms with Gasteiger partial charge < -0.3 is 24.6 Å². The maximum atomic E-state index is 12.6. The number of rotatable bonds is 6. The Morgan fingerprint density at radius 2 is 1.73 bits per heavy atom. The molecule has 1 aliphatic heterocycles. The predicted octanol–water partition coefficient (Wildman–Crippen LogP) is 4.89. The van der Waals surface area contributed by atoms with Gasteiger partial charge in [-0.25, -0.2) is 9.59 Å². The molecule has 10 heteroatoms. The third kappa shape index (κ3) is 5.77. The molecule has 0 radical (unpaired) electrons. The molecule has 0 bridgehead atoms. The molecule has 0 atom stereocenters. The molecule has 0 amide bonds. The zero-order chi connectivity index (χ0) is 24.1. The molecule has 2 heterocycles. The van der Waals surface area contributed by atoms with E-state index in [-0.39, 0.29) is 13.2 Å². The van der Waals surface area contributed by atoms with Gasteiger partial charge in [0, 0.05) is 36.9 Å². The SMILES string of the molecule is CCOC(=O)c1sc(NC(=S)N2CCN(c3cc(Cl)ccc3C)CC2)c(C(=O)OCC)c1C.